The van der Waals surface area contributed by atoms with Crippen molar-refractivity contribution in [3.05, 3.63) is 28.8 Å². The number of rotatable bonds is 2. The summed E-state index contributed by atoms with van der Waals surface area (Å²) >= 11 is 6.02. The fraction of sp³-hybridized carbons (Fsp3) is 0.250. The Bertz CT molecular complexity index is 559. The topological polar surface area (TPSA) is 75.7 Å². The van der Waals surface area contributed by atoms with Crippen LogP contribution >= 0.6 is 11.6 Å². The summed E-state index contributed by atoms with van der Waals surface area (Å²) < 4.78 is 4.61. The van der Waals surface area contributed by atoms with E-state index in [-0.39, 0.29) is 24.4 Å². The van der Waals surface area contributed by atoms with Crippen molar-refractivity contribution in [2.75, 3.05) is 18.6 Å². The van der Waals surface area contributed by atoms with Gasteiger partial charge in [-0.2, -0.15) is 0 Å². The van der Waals surface area contributed by atoms with Crippen molar-refractivity contribution in [2.24, 2.45) is 0 Å². The molecule has 7 heteroatoms. The van der Waals surface area contributed by atoms with Gasteiger partial charge in [-0.25, -0.2) is 9.59 Å². The van der Waals surface area contributed by atoms with Gasteiger partial charge >= 0.3 is 12.0 Å². The van der Waals surface area contributed by atoms with Crippen LogP contribution in [0.15, 0.2) is 18.2 Å². The monoisotopic (exact) mass is 282 g/mol. The highest BCUT2D eigenvalue weighted by atomic mass is 35.5. The number of hydrogen-bond donors (Lipinski definition) is 1. The number of hydrogen-bond acceptors (Lipinski definition) is 4. The van der Waals surface area contributed by atoms with E-state index in [9.17, 15) is 14.4 Å². The van der Waals surface area contributed by atoms with E-state index in [0.717, 1.165) is 0 Å². The fourth-order valence-electron chi connectivity index (χ4n) is 1.76. The molecule has 0 bridgehead atoms. The summed E-state index contributed by atoms with van der Waals surface area (Å²) in [5.41, 5.74) is 0.654. The number of carbonyl (C=O) groups is 3. The van der Waals surface area contributed by atoms with Crippen molar-refractivity contribution in [1.82, 2.24) is 5.32 Å². The molecule has 19 heavy (non-hydrogen) atoms. The van der Waals surface area contributed by atoms with E-state index in [1.807, 2.05) is 0 Å². The van der Waals surface area contributed by atoms with E-state index in [2.05, 4.69) is 10.1 Å². The lowest BCUT2D eigenvalue weighted by Crippen LogP contribution is -2.49. The molecule has 0 unspecified atom stereocenters. The van der Waals surface area contributed by atoms with Gasteiger partial charge in [-0.15, -0.1) is 0 Å². The molecule has 1 fully saturated rings. The van der Waals surface area contributed by atoms with Crippen LogP contribution in [0.3, 0.4) is 0 Å². The number of imide groups is 1. The molecule has 1 N–H and O–H groups in total. The van der Waals surface area contributed by atoms with Crippen LogP contribution in [0.5, 0.6) is 0 Å². The number of methoxy groups -OCH3 is 1. The minimum Gasteiger partial charge on any atom is -0.465 e. The fourth-order valence-corrected chi connectivity index (χ4v) is 1.98. The van der Waals surface area contributed by atoms with E-state index >= 15 is 0 Å². The van der Waals surface area contributed by atoms with Crippen LogP contribution in [0.25, 0.3) is 0 Å². The maximum Gasteiger partial charge on any atom is 0.337 e. The summed E-state index contributed by atoms with van der Waals surface area (Å²) in [7, 11) is 1.27. The molecule has 0 saturated carbocycles. The van der Waals surface area contributed by atoms with Crippen molar-refractivity contribution in [3.8, 4) is 0 Å². The Labute approximate surface area is 114 Å². The molecule has 0 radical (unpaired) electrons. The molecule has 3 amide bonds. The largest absolute Gasteiger partial charge is 0.465 e. The molecule has 1 aromatic carbocycles. The first-order valence-corrected chi connectivity index (χ1v) is 5.90. The first kappa shape index (κ1) is 13.4. The molecule has 0 atom stereocenters. The number of amides is 3. The smallest absolute Gasteiger partial charge is 0.337 e. The predicted molar refractivity (Wildman–Crippen MR) is 68.3 cm³/mol. The SMILES string of the molecule is COC(=O)c1ccc(Cl)c(N2CCC(=O)NC2=O)c1. The number of carbonyl (C=O) groups excluding carboxylic acids is 3. The third-order valence-electron chi connectivity index (χ3n) is 2.71. The molecule has 6 nitrogen and oxygen atoms in total. The second kappa shape index (κ2) is 5.27. The van der Waals surface area contributed by atoms with E-state index in [1.54, 1.807) is 0 Å². The second-order valence-corrected chi connectivity index (χ2v) is 4.32. The van der Waals surface area contributed by atoms with Gasteiger partial charge in [0, 0.05) is 13.0 Å². The van der Waals surface area contributed by atoms with Crippen LogP contribution in [0.1, 0.15) is 16.8 Å². The van der Waals surface area contributed by atoms with Crippen molar-refractivity contribution >= 4 is 35.2 Å². The number of nitrogens with one attached hydrogen (secondary N) is 1. The Morgan fingerprint density at radius 1 is 1.42 bits per heavy atom. The minimum absolute atomic E-state index is 0.185. The van der Waals surface area contributed by atoms with Crippen molar-refractivity contribution in [1.29, 1.82) is 0 Å². The van der Waals surface area contributed by atoms with Gasteiger partial charge < -0.3 is 4.74 Å². The second-order valence-electron chi connectivity index (χ2n) is 3.91. The Morgan fingerprint density at radius 3 is 2.79 bits per heavy atom. The lowest BCUT2D eigenvalue weighted by Gasteiger charge is -2.27. The molecule has 1 aliphatic rings. The summed E-state index contributed by atoms with van der Waals surface area (Å²) in [6.07, 6.45) is 0.185. The summed E-state index contributed by atoms with van der Waals surface area (Å²) in [4.78, 5) is 35.6. The molecule has 0 aromatic heterocycles. The zero-order valence-electron chi connectivity index (χ0n) is 10.1. The quantitative estimate of drug-likeness (QED) is 0.836. The molecule has 1 aromatic rings. The van der Waals surface area contributed by atoms with Crippen molar-refractivity contribution < 1.29 is 19.1 Å². The number of halogens is 1. The van der Waals surface area contributed by atoms with Crippen LogP contribution in [0, 0.1) is 0 Å². The van der Waals surface area contributed by atoms with Crippen molar-refractivity contribution in [3.63, 3.8) is 0 Å². The van der Waals surface area contributed by atoms with E-state index in [1.165, 1.54) is 30.2 Å². The first-order valence-electron chi connectivity index (χ1n) is 5.52. The van der Waals surface area contributed by atoms with Gasteiger partial charge in [-0.1, -0.05) is 11.6 Å². The van der Waals surface area contributed by atoms with Crippen LogP contribution in [0.4, 0.5) is 10.5 Å². The number of ether oxygens (including phenoxy) is 1. The van der Waals surface area contributed by atoms with E-state index in [0.29, 0.717) is 10.7 Å². The molecule has 1 aliphatic heterocycles. The summed E-state index contributed by atoms with van der Waals surface area (Å²) in [5, 5.41) is 2.51. The number of benzene rings is 1. The van der Waals surface area contributed by atoms with Gasteiger partial charge in [-0.3, -0.25) is 15.0 Å². The maximum absolute atomic E-state index is 11.7. The normalized spacial score (nSPS) is 15.2. The van der Waals surface area contributed by atoms with Crippen LogP contribution in [0.2, 0.25) is 5.02 Å². The molecule has 1 saturated heterocycles. The zero-order chi connectivity index (χ0) is 14.0. The third kappa shape index (κ3) is 2.68. The number of esters is 1. The molecule has 0 aliphatic carbocycles. The molecule has 100 valence electrons. The third-order valence-corrected chi connectivity index (χ3v) is 3.03. The Morgan fingerprint density at radius 2 is 2.16 bits per heavy atom. The van der Waals surface area contributed by atoms with Crippen LogP contribution in [-0.2, 0) is 9.53 Å². The first-order chi connectivity index (χ1) is 9.02. The maximum atomic E-state index is 11.7. The van der Waals surface area contributed by atoms with Gasteiger partial charge in [0.05, 0.1) is 23.4 Å². The van der Waals surface area contributed by atoms with Crippen molar-refractivity contribution in [2.45, 2.75) is 6.42 Å². The van der Waals surface area contributed by atoms with Gasteiger partial charge in [0.1, 0.15) is 0 Å². The molecule has 0 spiro atoms. The average Bonchev–Trinajstić information content (AvgIpc) is 2.39. The minimum atomic E-state index is -0.555. The highest BCUT2D eigenvalue weighted by Gasteiger charge is 2.26. The van der Waals surface area contributed by atoms with Gasteiger partial charge in [-0.05, 0) is 18.2 Å². The lowest BCUT2D eigenvalue weighted by atomic mass is 10.1. The Balaban J connectivity index is 2.35. The van der Waals surface area contributed by atoms with Crippen LogP contribution < -0.4 is 10.2 Å². The Kier molecular flexibility index (Phi) is 3.71. The Hall–Kier alpha value is -2.08. The molecule has 1 heterocycles. The molecule has 2 rings (SSSR count). The summed E-state index contributed by atoms with van der Waals surface area (Å²) in [6, 6.07) is 3.92. The van der Waals surface area contributed by atoms with Gasteiger partial charge in [0.25, 0.3) is 0 Å². The summed E-state index contributed by atoms with van der Waals surface area (Å²) in [6.45, 7) is 0.217. The highest BCUT2D eigenvalue weighted by molar-refractivity contribution is 6.34. The standard InChI is InChI=1S/C12H11ClN2O4/c1-19-11(17)7-2-3-8(13)9(6-7)15-5-4-10(16)14-12(15)18/h2-3,6H,4-5H2,1H3,(H,14,16,18). The number of anilines is 1. The average molecular weight is 283 g/mol. The lowest BCUT2D eigenvalue weighted by molar-refractivity contribution is -0.120. The predicted octanol–water partition coefficient (Wildman–Crippen LogP) is 1.57. The number of nitrogens with zero attached hydrogens (tertiary/aromatic N) is 1. The highest BCUT2D eigenvalue weighted by Crippen LogP contribution is 2.28. The van der Waals surface area contributed by atoms with E-state index < -0.39 is 12.0 Å². The zero-order valence-corrected chi connectivity index (χ0v) is 10.9. The molecular weight excluding hydrogens is 272 g/mol. The van der Waals surface area contributed by atoms with Gasteiger partial charge in [0.2, 0.25) is 5.91 Å². The van der Waals surface area contributed by atoms with E-state index in [4.69, 9.17) is 11.6 Å². The van der Waals surface area contributed by atoms with Crippen LogP contribution in [-0.4, -0.2) is 31.6 Å². The summed E-state index contributed by atoms with van der Waals surface area (Å²) in [5.74, 6) is -0.854. The number of urea groups is 1. The molecular formula is C12H11ClN2O4. The van der Waals surface area contributed by atoms with Gasteiger partial charge in [0.15, 0.2) is 0 Å².